The van der Waals surface area contributed by atoms with E-state index < -0.39 is 5.92 Å². The van der Waals surface area contributed by atoms with Gasteiger partial charge in [-0.3, -0.25) is 4.79 Å². The van der Waals surface area contributed by atoms with Crippen LogP contribution in [-0.2, 0) is 7.05 Å². The van der Waals surface area contributed by atoms with E-state index in [1.807, 2.05) is 31.2 Å². The van der Waals surface area contributed by atoms with Gasteiger partial charge in [-0.25, -0.2) is 4.98 Å². The first kappa shape index (κ1) is 12.1. The SMILES string of the molecule is Cc1ccccc1C(C#N)C(=O)c1nccn1C. The molecule has 0 spiro atoms. The molecule has 1 unspecified atom stereocenters. The number of hydrogen-bond donors (Lipinski definition) is 0. The molecule has 0 aliphatic rings. The van der Waals surface area contributed by atoms with Crippen LogP contribution in [0.15, 0.2) is 36.7 Å². The minimum absolute atomic E-state index is 0.265. The van der Waals surface area contributed by atoms with Crippen molar-refractivity contribution in [1.29, 1.82) is 5.26 Å². The molecule has 1 heterocycles. The van der Waals surface area contributed by atoms with E-state index in [0.29, 0.717) is 5.82 Å². The lowest BCUT2D eigenvalue weighted by Crippen LogP contribution is -2.16. The molecule has 18 heavy (non-hydrogen) atoms. The molecular weight excluding hydrogens is 226 g/mol. The summed E-state index contributed by atoms with van der Waals surface area (Å²) >= 11 is 0. The Bertz CT molecular complexity index is 622. The monoisotopic (exact) mass is 239 g/mol. The summed E-state index contributed by atoms with van der Waals surface area (Å²) in [5, 5.41) is 9.26. The Hall–Kier alpha value is -2.41. The molecule has 0 amide bonds. The number of hydrogen-bond acceptors (Lipinski definition) is 3. The molecule has 2 rings (SSSR count). The highest BCUT2D eigenvalue weighted by Crippen LogP contribution is 2.22. The van der Waals surface area contributed by atoms with E-state index in [9.17, 15) is 10.1 Å². The summed E-state index contributed by atoms with van der Waals surface area (Å²) in [6.45, 7) is 1.89. The second-order valence-electron chi connectivity index (χ2n) is 4.14. The van der Waals surface area contributed by atoms with E-state index >= 15 is 0 Å². The second kappa shape index (κ2) is 4.84. The van der Waals surface area contributed by atoms with Crippen LogP contribution in [0.1, 0.15) is 27.7 Å². The van der Waals surface area contributed by atoms with Crippen LogP contribution in [0, 0.1) is 18.3 Å². The van der Waals surface area contributed by atoms with E-state index in [2.05, 4.69) is 11.1 Å². The van der Waals surface area contributed by atoms with E-state index in [1.165, 1.54) is 0 Å². The summed E-state index contributed by atoms with van der Waals surface area (Å²) < 4.78 is 1.63. The van der Waals surface area contributed by atoms with Crippen LogP contribution < -0.4 is 0 Å². The average molecular weight is 239 g/mol. The van der Waals surface area contributed by atoms with Crippen LogP contribution in [-0.4, -0.2) is 15.3 Å². The number of carbonyl (C=O) groups is 1. The molecule has 0 aliphatic carbocycles. The Kier molecular flexibility index (Phi) is 3.24. The smallest absolute Gasteiger partial charge is 0.219 e. The highest BCUT2D eigenvalue weighted by atomic mass is 16.1. The number of carbonyl (C=O) groups excluding carboxylic acids is 1. The fraction of sp³-hybridized carbons (Fsp3) is 0.214. The third-order valence-corrected chi connectivity index (χ3v) is 2.93. The normalized spacial score (nSPS) is 11.8. The van der Waals surface area contributed by atoms with Crippen molar-refractivity contribution in [1.82, 2.24) is 9.55 Å². The van der Waals surface area contributed by atoms with Gasteiger partial charge in [0.15, 0.2) is 5.82 Å². The zero-order valence-corrected chi connectivity index (χ0v) is 10.3. The van der Waals surface area contributed by atoms with Crippen LogP contribution >= 0.6 is 0 Å². The maximum atomic E-state index is 12.3. The third kappa shape index (κ3) is 2.03. The number of Topliss-reactive ketones (excluding diaryl/α,β-unsaturated/α-hetero) is 1. The highest BCUT2D eigenvalue weighted by Gasteiger charge is 2.25. The first-order valence-corrected chi connectivity index (χ1v) is 5.62. The van der Waals surface area contributed by atoms with Crippen LogP contribution in [0.3, 0.4) is 0 Å². The summed E-state index contributed by atoms with van der Waals surface area (Å²) in [6.07, 6.45) is 3.25. The first-order chi connectivity index (χ1) is 8.65. The molecule has 90 valence electrons. The van der Waals surface area contributed by atoms with Gasteiger partial charge in [-0.05, 0) is 18.1 Å². The average Bonchev–Trinajstić information content (AvgIpc) is 2.78. The van der Waals surface area contributed by atoms with Gasteiger partial charge in [0.05, 0.1) is 6.07 Å². The highest BCUT2D eigenvalue weighted by molar-refractivity contribution is 6.00. The number of ketones is 1. The van der Waals surface area contributed by atoms with Gasteiger partial charge in [-0.15, -0.1) is 0 Å². The minimum Gasteiger partial charge on any atom is -0.332 e. The number of aromatic nitrogens is 2. The first-order valence-electron chi connectivity index (χ1n) is 5.62. The van der Waals surface area contributed by atoms with E-state index in [4.69, 9.17) is 0 Å². The summed E-state index contributed by atoms with van der Waals surface area (Å²) in [7, 11) is 1.74. The lowest BCUT2D eigenvalue weighted by Gasteiger charge is -2.10. The largest absolute Gasteiger partial charge is 0.332 e. The van der Waals surface area contributed by atoms with Gasteiger partial charge in [0.25, 0.3) is 0 Å². The molecule has 1 aromatic heterocycles. The Morgan fingerprint density at radius 1 is 1.44 bits per heavy atom. The van der Waals surface area contributed by atoms with Crippen LogP contribution in [0.4, 0.5) is 0 Å². The van der Waals surface area contributed by atoms with E-state index in [0.717, 1.165) is 11.1 Å². The topological polar surface area (TPSA) is 58.7 Å². The fourth-order valence-electron chi connectivity index (χ4n) is 1.91. The molecule has 1 atom stereocenters. The molecule has 4 heteroatoms. The van der Waals surface area contributed by atoms with Gasteiger partial charge < -0.3 is 4.57 Å². The quantitative estimate of drug-likeness (QED) is 0.771. The lowest BCUT2D eigenvalue weighted by molar-refractivity contribution is 0.0965. The minimum atomic E-state index is -0.799. The molecule has 1 aromatic carbocycles. The van der Waals surface area contributed by atoms with Gasteiger partial charge in [-0.2, -0.15) is 5.26 Å². The number of nitrogens with zero attached hydrogens (tertiary/aromatic N) is 3. The molecule has 0 fully saturated rings. The van der Waals surface area contributed by atoms with Crippen molar-refractivity contribution >= 4 is 5.78 Å². The van der Waals surface area contributed by atoms with Crippen molar-refractivity contribution < 1.29 is 4.79 Å². The van der Waals surface area contributed by atoms with E-state index in [-0.39, 0.29) is 5.78 Å². The fourth-order valence-corrected chi connectivity index (χ4v) is 1.91. The van der Waals surface area contributed by atoms with E-state index in [1.54, 1.807) is 24.0 Å². The second-order valence-corrected chi connectivity index (χ2v) is 4.14. The van der Waals surface area contributed by atoms with Crippen LogP contribution in [0.5, 0.6) is 0 Å². The number of benzene rings is 1. The summed E-state index contributed by atoms with van der Waals surface area (Å²) in [5.41, 5.74) is 1.68. The number of nitriles is 1. The van der Waals surface area contributed by atoms with Gasteiger partial charge >= 0.3 is 0 Å². The molecular formula is C14H13N3O. The Morgan fingerprint density at radius 3 is 2.72 bits per heavy atom. The summed E-state index contributed by atoms with van der Waals surface area (Å²) in [6, 6.07) is 9.49. The lowest BCUT2D eigenvalue weighted by atomic mass is 9.92. The predicted molar refractivity (Wildman–Crippen MR) is 67.1 cm³/mol. The van der Waals surface area contributed by atoms with Crippen molar-refractivity contribution in [3.8, 4) is 6.07 Å². The molecule has 0 bridgehead atoms. The Balaban J connectivity index is 2.43. The molecule has 4 nitrogen and oxygen atoms in total. The maximum absolute atomic E-state index is 12.3. The summed E-state index contributed by atoms with van der Waals surface area (Å²) in [4.78, 5) is 16.3. The summed E-state index contributed by atoms with van der Waals surface area (Å²) in [5.74, 6) is -0.753. The van der Waals surface area contributed by atoms with Crippen molar-refractivity contribution in [3.63, 3.8) is 0 Å². The standard InChI is InChI=1S/C14H13N3O/c1-10-5-3-4-6-11(10)12(9-15)13(18)14-16-7-8-17(14)2/h3-8,12H,1-2H3. The van der Waals surface area contributed by atoms with Gasteiger partial charge in [-0.1, -0.05) is 24.3 Å². The zero-order chi connectivity index (χ0) is 13.1. The van der Waals surface area contributed by atoms with Crippen molar-refractivity contribution in [2.75, 3.05) is 0 Å². The molecule has 2 aromatic rings. The maximum Gasteiger partial charge on any atom is 0.219 e. The third-order valence-electron chi connectivity index (χ3n) is 2.93. The molecule has 0 radical (unpaired) electrons. The molecule has 0 saturated carbocycles. The van der Waals surface area contributed by atoms with Gasteiger partial charge in [0, 0.05) is 19.4 Å². The molecule has 0 saturated heterocycles. The molecule has 0 aliphatic heterocycles. The van der Waals surface area contributed by atoms with Crippen LogP contribution in [0.2, 0.25) is 0 Å². The van der Waals surface area contributed by atoms with Gasteiger partial charge in [0.1, 0.15) is 5.92 Å². The van der Waals surface area contributed by atoms with Crippen molar-refractivity contribution in [2.24, 2.45) is 7.05 Å². The number of imidazole rings is 1. The Labute approximate surface area is 106 Å². The number of rotatable bonds is 3. The van der Waals surface area contributed by atoms with Crippen molar-refractivity contribution in [3.05, 3.63) is 53.6 Å². The number of aryl methyl sites for hydroxylation is 2. The predicted octanol–water partition coefficient (Wildman–Crippen LogP) is 2.22. The zero-order valence-electron chi connectivity index (χ0n) is 10.3. The van der Waals surface area contributed by atoms with Crippen molar-refractivity contribution in [2.45, 2.75) is 12.8 Å². The molecule has 0 N–H and O–H groups in total. The Morgan fingerprint density at radius 2 is 2.17 bits per heavy atom. The van der Waals surface area contributed by atoms with Crippen LogP contribution in [0.25, 0.3) is 0 Å². The van der Waals surface area contributed by atoms with Gasteiger partial charge in [0.2, 0.25) is 5.78 Å².